The molecule has 1 aliphatic carbocycles. The maximum atomic E-state index is 12.8. The van der Waals surface area contributed by atoms with Crippen molar-refractivity contribution in [3.05, 3.63) is 30.6 Å². The number of rotatable bonds is 4. The monoisotopic (exact) mass is 295 g/mol. The van der Waals surface area contributed by atoms with E-state index in [4.69, 9.17) is 0 Å². The molecule has 1 saturated carbocycles. The molecule has 0 bridgehead atoms. The Bertz CT molecular complexity index is 631. The van der Waals surface area contributed by atoms with E-state index in [1.807, 2.05) is 10.8 Å². The van der Waals surface area contributed by atoms with E-state index >= 15 is 0 Å². The van der Waals surface area contributed by atoms with Crippen molar-refractivity contribution < 1.29 is 13.6 Å². The van der Waals surface area contributed by atoms with Crippen LogP contribution in [0.4, 0.5) is 14.5 Å². The van der Waals surface area contributed by atoms with Crippen molar-refractivity contribution in [1.29, 1.82) is 0 Å². The molecule has 6 nitrogen and oxygen atoms in total. The summed E-state index contributed by atoms with van der Waals surface area (Å²) < 4.78 is 28.8. The van der Waals surface area contributed by atoms with Gasteiger partial charge in [0, 0.05) is 37.6 Å². The van der Waals surface area contributed by atoms with E-state index in [9.17, 15) is 13.6 Å². The van der Waals surface area contributed by atoms with Crippen LogP contribution >= 0.6 is 0 Å². The van der Waals surface area contributed by atoms with Gasteiger partial charge in [-0.25, -0.2) is 13.8 Å². The molecule has 2 heterocycles. The largest absolute Gasteiger partial charge is 0.334 e. The molecule has 1 amide bonds. The van der Waals surface area contributed by atoms with Crippen LogP contribution in [0.3, 0.4) is 0 Å². The number of carbonyl (C=O) groups excluding carboxylic acids is 1. The molecule has 1 aliphatic rings. The fraction of sp³-hybridized carbons (Fsp3) is 0.462. The Morgan fingerprint density at radius 3 is 2.86 bits per heavy atom. The van der Waals surface area contributed by atoms with E-state index < -0.39 is 12.1 Å². The van der Waals surface area contributed by atoms with E-state index in [1.165, 1.54) is 10.9 Å². The summed E-state index contributed by atoms with van der Waals surface area (Å²) in [6, 6.07) is 0.256. The van der Waals surface area contributed by atoms with Gasteiger partial charge in [0.1, 0.15) is 0 Å². The molecule has 1 N–H and O–H groups in total. The van der Waals surface area contributed by atoms with E-state index in [0.717, 1.165) is 0 Å². The van der Waals surface area contributed by atoms with Crippen LogP contribution in [0.25, 0.3) is 0 Å². The van der Waals surface area contributed by atoms with Gasteiger partial charge in [0.2, 0.25) is 5.91 Å². The van der Waals surface area contributed by atoms with Gasteiger partial charge in [0.15, 0.2) is 5.69 Å². The summed E-state index contributed by atoms with van der Waals surface area (Å²) >= 11 is 0. The first kappa shape index (κ1) is 13.7. The van der Waals surface area contributed by atoms with Gasteiger partial charge in [-0.3, -0.25) is 9.48 Å². The lowest BCUT2D eigenvalue weighted by molar-refractivity contribution is -0.123. The van der Waals surface area contributed by atoms with Crippen molar-refractivity contribution in [2.45, 2.75) is 25.3 Å². The SMILES string of the molecule is Cn1cc(NC(=O)C2CC(n3ccnc3)C2)c(C(F)F)n1. The van der Waals surface area contributed by atoms with Gasteiger partial charge in [-0.05, 0) is 12.8 Å². The zero-order valence-corrected chi connectivity index (χ0v) is 11.4. The number of hydrogen-bond acceptors (Lipinski definition) is 3. The first-order valence-electron chi connectivity index (χ1n) is 6.64. The zero-order valence-electron chi connectivity index (χ0n) is 11.4. The molecule has 0 aliphatic heterocycles. The quantitative estimate of drug-likeness (QED) is 0.940. The summed E-state index contributed by atoms with van der Waals surface area (Å²) in [7, 11) is 1.54. The highest BCUT2D eigenvalue weighted by Gasteiger charge is 2.36. The molecule has 1 fully saturated rings. The van der Waals surface area contributed by atoms with Crippen LogP contribution < -0.4 is 5.32 Å². The molecule has 3 rings (SSSR count). The number of amides is 1. The van der Waals surface area contributed by atoms with Gasteiger partial charge < -0.3 is 9.88 Å². The predicted molar refractivity (Wildman–Crippen MR) is 70.8 cm³/mol. The van der Waals surface area contributed by atoms with Gasteiger partial charge >= 0.3 is 0 Å². The highest BCUT2D eigenvalue weighted by atomic mass is 19.3. The third kappa shape index (κ3) is 2.65. The number of imidazole rings is 1. The van der Waals surface area contributed by atoms with Crippen molar-refractivity contribution >= 4 is 11.6 Å². The Balaban J connectivity index is 1.61. The van der Waals surface area contributed by atoms with Gasteiger partial charge in [-0.1, -0.05) is 0 Å². The van der Waals surface area contributed by atoms with Crippen LogP contribution in [0.2, 0.25) is 0 Å². The molecular weight excluding hydrogens is 280 g/mol. The minimum atomic E-state index is -2.71. The summed E-state index contributed by atoms with van der Waals surface area (Å²) in [5.74, 6) is -0.399. The number of carbonyl (C=O) groups is 1. The van der Waals surface area contributed by atoms with E-state index in [2.05, 4.69) is 15.4 Å². The zero-order chi connectivity index (χ0) is 15.0. The van der Waals surface area contributed by atoms with Crippen LogP contribution in [-0.2, 0) is 11.8 Å². The lowest BCUT2D eigenvalue weighted by Crippen LogP contribution is -2.35. The topological polar surface area (TPSA) is 64.7 Å². The maximum Gasteiger partial charge on any atom is 0.284 e. The normalized spacial score (nSPS) is 21.3. The molecule has 0 unspecified atom stereocenters. The van der Waals surface area contributed by atoms with Crippen LogP contribution in [-0.4, -0.2) is 25.2 Å². The minimum absolute atomic E-state index is 0.0866. The number of anilines is 1. The second-order valence-corrected chi connectivity index (χ2v) is 5.22. The number of aromatic nitrogens is 4. The molecule has 21 heavy (non-hydrogen) atoms. The van der Waals surface area contributed by atoms with Gasteiger partial charge in [-0.15, -0.1) is 0 Å². The Labute approximate surface area is 119 Å². The van der Waals surface area contributed by atoms with Gasteiger partial charge in [0.25, 0.3) is 6.43 Å². The average molecular weight is 295 g/mol. The molecule has 112 valence electrons. The maximum absolute atomic E-state index is 12.8. The summed E-state index contributed by atoms with van der Waals surface area (Å²) in [6.07, 6.45) is 5.33. The number of nitrogens with zero attached hydrogens (tertiary/aromatic N) is 4. The Morgan fingerprint density at radius 1 is 1.48 bits per heavy atom. The molecule has 2 aromatic rings. The summed E-state index contributed by atoms with van der Waals surface area (Å²) in [6.45, 7) is 0. The Kier molecular flexibility index (Phi) is 3.44. The van der Waals surface area contributed by atoms with Crippen LogP contribution in [0.5, 0.6) is 0 Å². The molecule has 2 aromatic heterocycles. The number of nitrogens with one attached hydrogen (secondary N) is 1. The highest BCUT2D eigenvalue weighted by Crippen LogP contribution is 2.38. The summed E-state index contributed by atoms with van der Waals surface area (Å²) in [5, 5.41) is 6.21. The summed E-state index contributed by atoms with van der Waals surface area (Å²) in [4.78, 5) is 16.0. The number of hydrogen-bond donors (Lipinski definition) is 1. The van der Waals surface area contributed by atoms with Crippen molar-refractivity contribution in [3.63, 3.8) is 0 Å². The van der Waals surface area contributed by atoms with Crippen LogP contribution in [0.15, 0.2) is 24.9 Å². The van der Waals surface area contributed by atoms with Crippen molar-refractivity contribution in [3.8, 4) is 0 Å². The Hall–Kier alpha value is -2.25. The van der Waals surface area contributed by atoms with Crippen LogP contribution in [0, 0.1) is 5.92 Å². The third-order valence-electron chi connectivity index (χ3n) is 3.75. The number of alkyl halides is 2. The minimum Gasteiger partial charge on any atom is -0.334 e. The fourth-order valence-electron chi connectivity index (χ4n) is 2.53. The highest BCUT2D eigenvalue weighted by molar-refractivity contribution is 5.93. The molecule has 0 aromatic carbocycles. The second kappa shape index (κ2) is 5.27. The standard InChI is InChI=1S/C13H15F2N5O/c1-19-6-10(11(18-19)12(14)15)17-13(21)8-4-9(5-8)20-3-2-16-7-20/h2-3,6-9,12H,4-5H2,1H3,(H,17,21). The van der Waals surface area contributed by atoms with E-state index in [-0.39, 0.29) is 23.6 Å². The van der Waals surface area contributed by atoms with Crippen molar-refractivity contribution in [1.82, 2.24) is 19.3 Å². The Morgan fingerprint density at radius 2 is 2.24 bits per heavy atom. The molecule has 0 radical (unpaired) electrons. The van der Waals surface area contributed by atoms with Crippen molar-refractivity contribution in [2.24, 2.45) is 13.0 Å². The van der Waals surface area contributed by atoms with Crippen molar-refractivity contribution in [2.75, 3.05) is 5.32 Å². The van der Waals surface area contributed by atoms with E-state index in [0.29, 0.717) is 12.8 Å². The third-order valence-corrected chi connectivity index (χ3v) is 3.75. The van der Waals surface area contributed by atoms with Crippen LogP contribution in [0.1, 0.15) is 31.0 Å². The fourth-order valence-corrected chi connectivity index (χ4v) is 2.53. The smallest absolute Gasteiger partial charge is 0.284 e. The second-order valence-electron chi connectivity index (χ2n) is 5.22. The lowest BCUT2D eigenvalue weighted by Gasteiger charge is -2.34. The lowest BCUT2D eigenvalue weighted by atomic mass is 9.79. The molecule has 0 atom stereocenters. The average Bonchev–Trinajstić information content (AvgIpc) is 2.97. The molecular formula is C13H15F2N5O. The molecule has 0 saturated heterocycles. The van der Waals surface area contributed by atoms with E-state index in [1.54, 1.807) is 19.6 Å². The molecule has 0 spiro atoms. The predicted octanol–water partition coefficient (Wildman–Crippen LogP) is 2.14. The first-order chi connectivity index (χ1) is 10.0. The number of halogens is 2. The summed E-state index contributed by atoms with van der Waals surface area (Å²) in [5.41, 5.74) is -0.306. The first-order valence-corrected chi connectivity index (χ1v) is 6.64. The molecule has 8 heteroatoms. The number of aryl methyl sites for hydroxylation is 1. The van der Waals surface area contributed by atoms with Gasteiger partial charge in [-0.2, -0.15) is 5.10 Å². The van der Waals surface area contributed by atoms with Gasteiger partial charge in [0.05, 0.1) is 12.0 Å².